The molecule has 70 valence electrons. The molecule has 0 aromatic carbocycles. The number of esters is 1. The first kappa shape index (κ1) is 11.1. The van der Waals surface area contributed by atoms with Crippen LogP contribution < -0.4 is 17.2 Å². The molecule has 6 N–H and O–H groups in total. The second-order valence-electron chi connectivity index (χ2n) is 2.46. The predicted molar refractivity (Wildman–Crippen MR) is 45.7 cm³/mol. The van der Waals surface area contributed by atoms with Crippen LogP contribution in [0, 0.1) is 0 Å². The Balaban J connectivity index is 3.85. The van der Waals surface area contributed by atoms with Crippen LogP contribution in [0.15, 0.2) is 12.7 Å². The minimum atomic E-state index is -1.43. The van der Waals surface area contributed by atoms with Gasteiger partial charge in [0.25, 0.3) is 0 Å². The number of allylic oxidation sites excluding steroid dienone is 1. The van der Waals surface area contributed by atoms with Crippen molar-refractivity contribution in [2.24, 2.45) is 17.2 Å². The summed E-state index contributed by atoms with van der Waals surface area (Å²) in [6.07, 6.45) is 2.57. The Bertz CT molecular complexity index is 168. The summed E-state index contributed by atoms with van der Waals surface area (Å²) >= 11 is 0. The molecule has 5 heteroatoms. The summed E-state index contributed by atoms with van der Waals surface area (Å²) < 4.78 is 4.63. The summed E-state index contributed by atoms with van der Waals surface area (Å²) in [6, 6.07) is 0. The van der Waals surface area contributed by atoms with Crippen LogP contribution in [0.25, 0.3) is 0 Å². The van der Waals surface area contributed by atoms with E-state index in [4.69, 9.17) is 17.2 Å². The molecule has 0 spiro atoms. The standard InChI is InChI=1S/C7H15N3O2/c1-2-3-4-7(9,10)12-6(11)5-8/h2H,1,3-5,8-10H2. The topological polar surface area (TPSA) is 104 Å². The highest BCUT2D eigenvalue weighted by molar-refractivity contribution is 5.71. The Labute approximate surface area is 71.5 Å². The molecule has 0 saturated carbocycles. The fraction of sp³-hybridized carbons (Fsp3) is 0.571. The van der Waals surface area contributed by atoms with E-state index in [0.29, 0.717) is 12.8 Å². The van der Waals surface area contributed by atoms with Crippen molar-refractivity contribution in [1.82, 2.24) is 0 Å². The second-order valence-corrected chi connectivity index (χ2v) is 2.46. The lowest BCUT2D eigenvalue weighted by Gasteiger charge is -2.23. The van der Waals surface area contributed by atoms with Crippen LogP contribution >= 0.6 is 0 Å². The fourth-order valence-electron chi connectivity index (χ4n) is 0.632. The monoisotopic (exact) mass is 173 g/mol. The number of ether oxygens (including phenoxy) is 1. The highest BCUT2D eigenvalue weighted by Gasteiger charge is 2.22. The van der Waals surface area contributed by atoms with Crippen molar-refractivity contribution in [3.05, 3.63) is 12.7 Å². The van der Waals surface area contributed by atoms with Gasteiger partial charge in [0.2, 0.25) is 5.85 Å². The molecule has 0 atom stereocenters. The molecular weight excluding hydrogens is 158 g/mol. The average molecular weight is 173 g/mol. The molecule has 0 aromatic rings. The molecule has 0 radical (unpaired) electrons. The van der Waals surface area contributed by atoms with Gasteiger partial charge in [0.1, 0.15) is 0 Å². The van der Waals surface area contributed by atoms with Gasteiger partial charge in [-0.15, -0.1) is 6.58 Å². The van der Waals surface area contributed by atoms with E-state index in [1.165, 1.54) is 0 Å². The van der Waals surface area contributed by atoms with Gasteiger partial charge in [0, 0.05) is 6.42 Å². The first-order valence-corrected chi connectivity index (χ1v) is 3.62. The lowest BCUT2D eigenvalue weighted by atomic mass is 10.2. The molecular formula is C7H15N3O2. The lowest BCUT2D eigenvalue weighted by Crippen LogP contribution is -2.53. The Morgan fingerprint density at radius 1 is 1.58 bits per heavy atom. The van der Waals surface area contributed by atoms with Crippen molar-refractivity contribution in [1.29, 1.82) is 0 Å². The van der Waals surface area contributed by atoms with Gasteiger partial charge < -0.3 is 10.5 Å². The summed E-state index contributed by atoms with van der Waals surface area (Å²) in [4.78, 5) is 10.7. The Kier molecular flexibility index (Phi) is 4.50. The highest BCUT2D eigenvalue weighted by atomic mass is 16.6. The van der Waals surface area contributed by atoms with Crippen molar-refractivity contribution in [2.45, 2.75) is 18.7 Å². The number of nitrogens with two attached hydrogens (primary N) is 3. The molecule has 0 aliphatic heterocycles. The molecule has 0 aliphatic carbocycles. The van der Waals surface area contributed by atoms with Gasteiger partial charge in [-0.25, -0.2) is 0 Å². The van der Waals surface area contributed by atoms with E-state index in [2.05, 4.69) is 11.3 Å². The zero-order valence-corrected chi connectivity index (χ0v) is 6.95. The largest absolute Gasteiger partial charge is 0.430 e. The molecule has 12 heavy (non-hydrogen) atoms. The first-order valence-electron chi connectivity index (χ1n) is 3.62. The summed E-state index contributed by atoms with van der Waals surface area (Å²) in [5, 5.41) is 0. The van der Waals surface area contributed by atoms with Crippen molar-refractivity contribution < 1.29 is 9.53 Å². The minimum Gasteiger partial charge on any atom is -0.430 e. The molecule has 0 rings (SSSR count). The Morgan fingerprint density at radius 2 is 2.17 bits per heavy atom. The number of hydrogen-bond donors (Lipinski definition) is 3. The molecule has 0 bridgehead atoms. The summed E-state index contributed by atoms with van der Waals surface area (Å²) in [5.74, 6) is -2.03. The SMILES string of the molecule is C=CCCC(N)(N)OC(=O)CN. The number of rotatable bonds is 5. The number of carbonyl (C=O) groups excluding carboxylic acids is 1. The second kappa shape index (κ2) is 4.87. The maximum Gasteiger partial charge on any atom is 0.322 e. The summed E-state index contributed by atoms with van der Waals surface area (Å²) in [7, 11) is 0. The van der Waals surface area contributed by atoms with E-state index in [1.54, 1.807) is 6.08 Å². The van der Waals surface area contributed by atoms with Crippen LogP contribution in [0.5, 0.6) is 0 Å². The van der Waals surface area contributed by atoms with Crippen molar-refractivity contribution >= 4 is 5.97 Å². The van der Waals surface area contributed by atoms with Crippen LogP contribution in [0.1, 0.15) is 12.8 Å². The van der Waals surface area contributed by atoms with E-state index in [1.807, 2.05) is 0 Å². The molecule has 0 fully saturated rings. The smallest absolute Gasteiger partial charge is 0.322 e. The first-order chi connectivity index (χ1) is 5.52. The lowest BCUT2D eigenvalue weighted by molar-refractivity contribution is -0.157. The van der Waals surface area contributed by atoms with E-state index in [-0.39, 0.29) is 6.54 Å². The van der Waals surface area contributed by atoms with Gasteiger partial charge in [-0.1, -0.05) is 6.08 Å². The van der Waals surface area contributed by atoms with Gasteiger partial charge >= 0.3 is 5.97 Å². The van der Waals surface area contributed by atoms with Crippen LogP contribution in [-0.2, 0) is 9.53 Å². The van der Waals surface area contributed by atoms with Crippen LogP contribution in [0.4, 0.5) is 0 Å². The third kappa shape index (κ3) is 4.84. The van der Waals surface area contributed by atoms with Crippen molar-refractivity contribution in [3.63, 3.8) is 0 Å². The van der Waals surface area contributed by atoms with Gasteiger partial charge in [0.05, 0.1) is 6.54 Å². The minimum absolute atomic E-state index is 0.218. The van der Waals surface area contributed by atoms with Gasteiger partial charge in [-0.2, -0.15) is 0 Å². The highest BCUT2D eigenvalue weighted by Crippen LogP contribution is 2.04. The molecule has 5 nitrogen and oxygen atoms in total. The van der Waals surface area contributed by atoms with E-state index < -0.39 is 11.8 Å². The van der Waals surface area contributed by atoms with Crippen molar-refractivity contribution in [2.75, 3.05) is 6.54 Å². The van der Waals surface area contributed by atoms with Crippen LogP contribution in [0.2, 0.25) is 0 Å². The Hall–Kier alpha value is -0.910. The summed E-state index contributed by atoms with van der Waals surface area (Å²) in [6.45, 7) is 3.27. The fourth-order valence-corrected chi connectivity index (χ4v) is 0.632. The predicted octanol–water partition coefficient (Wildman–Crippen LogP) is -0.974. The zero-order valence-electron chi connectivity index (χ0n) is 6.95. The quantitative estimate of drug-likeness (QED) is 0.282. The van der Waals surface area contributed by atoms with Crippen LogP contribution in [-0.4, -0.2) is 18.4 Å². The maximum atomic E-state index is 10.7. The van der Waals surface area contributed by atoms with E-state index in [0.717, 1.165) is 0 Å². The maximum absolute atomic E-state index is 10.7. The number of hydrogen-bond acceptors (Lipinski definition) is 5. The Morgan fingerprint density at radius 3 is 2.58 bits per heavy atom. The molecule has 0 heterocycles. The van der Waals surface area contributed by atoms with Gasteiger partial charge in [0.15, 0.2) is 0 Å². The molecule has 0 unspecified atom stereocenters. The van der Waals surface area contributed by atoms with E-state index in [9.17, 15) is 4.79 Å². The van der Waals surface area contributed by atoms with E-state index >= 15 is 0 Å². The third-order valence-corrected chi connectivity index (χ3v) is 1.21. The molecule has 0 aromatic heterocycles. The third-order valence-electron chi connectivity index (χ3n) is 1.21. The van der Waals surface area contributed by atoms with Crippen molar-refractivity contribution in [3.8, 4) is 0 Å². The van der Waals surface area contributed by atoms with Gasteiger partial charge in [-0.3, -0.25) is 16.3 Å². The number of carbonyl (C=O) groups is 1. The molecule has 0 aliphatic rings. The summed E-state index contributed by atoms with van der Waals surface area (Å²) in [5.41, 5.74) is 15.8. The zero-order chi connectivity index (χ0) is 9.61. The average Bonchev–Trinajstić information content (AvgIpc) is 2.00. The van der Waals surface area contributed by atoms with Gasteiger partial charge in [-0.05, 0) is 6.42 Å². The van der Waals surface area contributed by atoms with Crippen LogP contribution in [0.3, 0.4) is 0 Å². The molecule has 0 amide bonds. The molecule has 0 saturated heterocycles. The normalized spacial score (nSPS) is 10.9.